The van der Waals surface area contributed by atoms with Crippen LogP contribution in [-0.2, 0) is 4.79 Å². The normalized spacial score (nSPS) is 20.0. The molecule has 2 aliphatic heterocycles. The molecule has 0 unspecified atom stereocenters. The first-order valence-corrected chi connectivity index (χ1v) is 9.07. The Kier molecular flexibility index (Phi) is 4.77. The van der Waals surface area contributed by atoms with Crippen LogP contribution in [0, 0.1) is 0 Å². The van der Waals surface area contributed by atoms with Crippen LogP contribution in [0.2, 0.25) is 0 Å². The van der Waals surface area contributed by atoms with Crippen LogP contribution in [0.15, 0.2) is 42.6 Å². The third-order valence-electron chi connectivity index (χ3n) is 5.19. The molecule has 27 heavy (non-hydrogen) atoms. The van der Waals surface area contributed by atoms with Crippen LogP contribution in [0.1, 0.15) is 10.4 Å². The number of piperazine rings is 2. The van der Waals surface area contributed by atoms with Gasteiger partial charge < -0.3 is 15.0 Å². The van der Waals surface area contributed by atoms with Gasteiger partial charge in [-0.25, -0.2) is 4.98 Å². The average Bonchev–Trinajstić information content (AvgIpc) is 2.73. The van der Waals surface area contributed by atoms with Crippen LogP contribution < -0.4 is 10.1 Å². The van der Waals surface area contributed by atoms with Crippen molar-refractivity contribution in [1.29, 1.82) is 0 Å². The van der Waals surface area contributed by atoms with Crippen molar-refractivity contribution in [2.75, 3.05) is 39.8 Å². The van der Waals surface area contributed by atoms with E-state index in [1.165, 1.54) is 0 Å². The molecule has 3 heterocycles. The fourth-order valence-electron chi connectivity index (χ4n) is 3.62. The van der Waals surface area contributed by atoms with E-state index in [1.54, 1.807) is 18.2 Å². The minimum absolute atomic E-state index is 0.0149. The van der Waals surface area contributed by atoms with Gasteiger partial charge in [0.05, 0.1) is 7.11 Å². The van der Waals surface area contributed by atoms with Crippen molar-refractivity contribution in [2.45, 2.75) is 6.04 Å². The number of fused-ring (bicyclic) bond motifs is 1. The standard InChI is InChI=1S/C20H22N4O3/c1-27-18-7-6-16(12-22-18)14-2-4-15(5-3-14)20(26)24-11-10-23-9-8-21-19(25)17(23)13-24/h2-7,12,17H,8-11,13H2,1H3,(H,21,25)/t17-/m0/s1. The lowest BCUT2D eigenvalue weighted by Gasteiger charge is -2.43. The van der Waals surface area contributed by atoms with Gasteiger partial charge in [-0.15, -0.1) is 0 Å². The Morgan fingerprint density at radius 1 is 1.11 bits per heavy atom. The molecular formula is C20H22N4O3. The first kappa shape index (κ1) is 17.5. The summed E-state index contributed by atoms with van der Waals surface area (Å²) in [7, 11) is 1.58. The topological polar surface area (TPSA) is 74.8 Å². The molecule has 1 atom stereocenters. The Labute approximate surface area is 157 Å². The number of benzene rings is 1. The van der Waals surface area contributed by atoms with Gasteiger partial charge in [0.2, 0.25) is 11.8 Å². The van der Waals surface area contributed by atoms with Crippen molar-refractivity contribution in [3.8, 4) is 17.0 Å². The second-order valence-electron chi connectivity index (χ2n) is 6.76. The van der Waals surface area contributed by atoms with Crippen molar-refractivity contribution in [1.82, 2.24) is 20.1 Å². The van der Waals surface area contributed by atoms with Crippen LogP contribution in [-0.4, -0.2) is 72.5 Å². The highest BCUT2D eigenvalue weighted by Crippen LogP contribution is 2.22. The predicted octanol–water partition coefficient (Wildman–Crippen LogP) is 1.01. The van der Waals surface area contributed by atoms with Crippen molar-refractivity contribution < 1.29 is 14.3 Å². The number of carbonyl (C=O) groups is 2. The number of pyridine rings is 1. The van der Waals surface area contributed by atoms with Gasteiger partial charge in [0, 0.05) is 56.1 Å². The number of ether oxygens (including phenoxy) is 1. The number of hydrogen-bond donors (Lipinski definition) is 1. The van der Waals surface area contributed by atoms with Crippen LogP contribution >= 0.6 is 0 Å². The van der Waals surface area contributed by atoms with E-state index in [0.29, 0.717) is 31.1 Å². The second-order valence-corrected chi connectivity index (χ2v) is 6.76. The molecular weight excluding hydrogens is 344 g/mol. The van der Waals surface area contributed by atoms with Crippen LogP contribution in [0.3, 0.4) is 0 Å². The molecule has 7 nitrogen and oxygen atoms in total. The summed E-state index contributed by atoms with van der Waals surface area (Å²) in [4.78, 5) is 33.1. The quantitative estimate of drug-likeness (QED) is 0.878. The summed E-state index contributed by atoms with van der Waals surface area (Å²) in [5.74, 6) is 0.546. The maximum atomic E-state index is 12.9. The van der Waals surface area contributed by atoms with Crippen molar-refractivity contribution >= 4 is 11.8 Å². The van der Waals surface area contributed by atoms with Gasteiger partial charge in [-0.2, -0.15) is 0 Å². The van der Waals surface area contributed by atoms with Crippen LogP contribution in [0.25, 0.3) is 11.1 Å². The number of amides is 2. The molecule has 2 saturated heterocycles. The maximum absolute atomic E-state index is 12.9. The van der Waals surface area contributed by atoms with Crippen molar-refractivity contribution in [3.05, 3.63) is 48.2 Å². The molecule has 0 spiro atoms. The summed E-state index contributed by atoms with van der Waals surface area (Å²) >= 11 is 0. The van der Waals surface area contributed by atoms with Gasteiger partial charge in [0.1, 0.15) is 6.04 Å². The van der Waals surface area contributed by atoms with Gasteiger partial charge in [0.25, 0.3) is 5.91 Å². The van der Waals surface area contributed by atoms with Crippen molar-refractivity contribution in [2.24, 2.45) is 0 Å². The zero-order valence-corrected chi connectivity index (χ0v) is 15.2. The number of nitrogens with one attached hydrogen (secondary N) is 1. The van der Waals surface area contributed by atoms with E-state index in [4.69, 9.17) is 4.74 Å². The summed E-state index contributed by atoms with van der Waals surface area (Å²) in [5, 5.41) is 2.88. The van der Waals surface area contributed by atoms with E-state index >= 15 is 0 Å². The Morgan fingerprint density at radius 2 is 1.89 bits per heavy atom. The number of nitrogens with zero attached hydrogens (tertiary/aromatic N) is 3. The fraction of sp³-hybridized carbons (Fsp3) is 0.350. The second kappa shape index (κ2) is 7.36. The van der Waals surface area contributed by atoms with E-state index in [2.05, 4.69) is 15.2 Å². The number of methoxy groups -OCH3 is 1. The minimum atomic E-state index is -0.235. The van der Waals surface area contributed by atoms with Gasteiger partial charge in [-0.3, -0.25) is 14.5 Å². The Balaban J connectivity index is 1.46. The molecule has 0 aliphatic carbocycles. The zero-order chi connectivity index (χ0) is 18.8. The third kappa shape index (κ3) is 3.50. The molecule has 7 heteroatoms. The van der Waals surface area contributed by atoms with E-state index in [9.17, 15) is 9.59 Å². The molecule has 0 saturated carbocycles. The van der Waals surface area contributed by atoms with Crippen LogP contribution in [0.4, 0.5) is 0 Å². The fourth-order valence-corrected chi connectivity index (χ4v) is 3.62. The summed E-state index contributed by atoms with van der Waals surface area (Å²) < 4.78 is 5.07. The SMILES string of the molecule is COc1ccc(-c2ccc(C(=O)N3CCN4CCNC(=O)[C@@H]4C3)cc2)cn1. The summed E-state index contributed by atoms with van der Waals surface area (Å²) in [6.45, 7) is 3.36. The average molecular weight is 366 g/mol. The summed E-state index contributed by atoms with van der Waals surface area (Å²) in [6.07, 6.45) is 1.75. The van der Waals surface area contributed by atoms with Gasteiger partial charge in [-0.05, 0) is 23.8 Å². The smallest absolute Gasteiger partial charge is 0.253 e. The molecule has 2 aliphatic rings. The van der Waals surface area contributed by atoms with E-state index in [1.807, 2.05) is 36.4 Å². The molecule has 1 N–H and O–H groups in total. The first-order chi connectivity index (χ1) is 13.2. The molecule has 0 radical (unpaired) electrons. The zero-order valence-electron chi connectivity index (χ0n) is 15.2. The minimum Gasteiger partial charge on any atom is -0.481 e. The molecule has 140 valence electrons. The number of carbonyl (C=O) groups excluding carboxylic acids is 2. The van der Waals surface area contributed by atoms with Gasteiger partial charge >= 0.3 is 0 Å². The van der Waals surface area contributed by atoms with Gasteiger partial charge in [-0.1, -0.05) is 12.1 Å². The lowest BCUT2D eigenvalue weighted by atomic mass is 10.0. The molecule has 4 rings (SSSR count). The summed E-state index contributed by atoms with van der Waals surface area (Å²) in [5.41, 5.74) is 2.57. The highest BCUT2D eigenvalue weighted by atomic mass is 16.5. The molecule has 1 aromatic carbocycles. The van der Waals surface area contributed by atoms with E-state index < -0.39 is 0 Å². The van der Waals surface area contributed by atoms with Gasteiger partial charge in [0.15, 0.2) is 0 Å². The van der Waals surface area contributed by atoms with E-state index in [0.717, 1.165) is 24.2 Å². The van der Waals surface area contributed by atoms with Crippen molar-refractivity contribution in [3.63, 3.8) is 0 Å². The Hall–Kier alpha value is -2.93. The molecule has 2 fully saturated rings. The van der Waals surface area contributed by atoms with E-state index in [-0.39, 0.29) is 17.9 Å². The highest BCUT2D eigenvalue weighted by molar-refractivity contribution is 5.95. The number of aromatic nitrogens is 1. The van der Waals surface area contributed by atoms with Crippen LogP contribution in [0.5, 0.6) is 5.88 Å². The first-order valence-electron chi connectivity index (χ1n) is 9.07. The third-order valence-corrected chi connectivity index (χ3v) is 5.19. The predicted molar refractivity (Wildman–Crippen MR) is 100 cm³/mol. The lowest BCUT2D eigenvalue weighted by Crippen LogP contribution is -2.64. The highest BCUT2D eigenvalue weighted by Gasteiger charge is 2.36. The molecule has 2 aromatic rings. The lowest BCUT2D eigenvalue weighted by molar-refractivity contribution is -0.131. The number of rotatable bonds is 3. The molecule has 0 bridgehead atoms. The molecule has 2 amide bonds. The number of hydrogen-bond acceptors (Lipinski definition) is 5. The molecule has 1 aromatic heterocycles. The Morgan fingerprint density at radius 3 is 2.59 bits per heavy atom. The monoisotopic (exact) mass is 366 g/mol. The maximum Gasteiger partial charge on any atom is 0.253 e. The Bertz CT molecular complexity index is 835. The largest absolute Gasteiger partial charge is 0.481 e. The summed E-state index contributed by atoms with van der Waals surface area (Å²) in [6, 6.07) is 11.0.